The fraction of sp³-hybridized carbons (Fsp3) is 0.143. The van der Waals surface area contributed by atoms with Crippen LogP contribution in [0.3, 0.4) is 0 Å². The molecule has 1 heterocycles. The van der Waals surface area contributed by atoms with E-state index in [0.717, 1.165) is 5.56 Å². The molecule has 1 aliphatic rings. The first-order valence-corrected chi connectivity index (χ1v) is 9.21. The lowest BCUT2D eigenvalue weighted by molar-refractivity contribution is -0.139. The van der Waals surface area contributed by atoms with E-state index in [0.29, 0.717) is 33.3 Å². The van der Waals surface area contributed by atoms with Gasteiger partial charge < -0.3 is 15.8 Å². The maximum absolute atomic E-state index is 13.0. The molecule has 3 rings (SSSR count). The van der Waals surface area contributed by atoms with Gasteiger partial charge in [-0.1, -0.05) is 53.5 Å². The highest BCUT2D eigenvalue weighted by Gasteiger charge is 2.32. The van der Waals surface area contributed by atoms with Crippen molar-refractivity contribution in [1.29, 1.82) is 0 Å². The van der Waals surface area contributed by atoms with E-state index in [1.54, 1.807) is 18.2 Å². The van der Waals surface area contributed by atoms with Crippen molar-refractivity contribution >= 4 is 40.8 Å². The number of terminal acetylenes is 1. The molecule has 0 aromatic heterocycles. The number of carbonyl (C=O) groups excluding carboxylic acids is 1. The summed E-state index contributed by atoms with van der Waals surface area (Å²) in [5, 5.41) is 3.84. The van der Waals surface area contributed by atoms with Gasteiger partial charge in [0.1, 0.15) is 12.6 Å². The van der Waals surface area contributed by atoms with E-state index in [-0.39, 0.29) is 12.6 Å². The Morgan fingerprint density at radius 2 is 1.89 bits per heavy atom. The van der Waals surface area contributed by atoms with E-state index in [1.165, 1.54) is 0 Å². The number of hydrogen-bond acceptors (Lipinski definition) is 5. The standard InChI is InChI=1S/C21H17Cl2N3O2/c1-2-3-9-28-20(27)17-18(13-7-5-4-6-8-13)25-21(24)26-19(17)14-10-15(22)12-16(23)11-14/h1,4-8,10-12,19H,3,9H2,(H3,24,25,26). The van der Waals surface area contributed by atoms with Gasteiger partial charge in [0.2, 0.25) is 0 Å². The molecule has 2 aromatic rings. The monoisotopic (exact) mass is 413 g/mol. The number of benzene rings is 2. The number of esters is 1. The average Bonchev–Trinajstić information content (AvgIpc) is 2.67. The molecule has 0 saturated carbocycles. The summed E-state index contributed by atoms with van der Waals surface area (Å²) in [6.07, 6.45) is 5.56. The maximum atomic E-state index is 13.0. The van der Waals surface area contributed by atoms with Crippen molar-refractivity contribution in [2.45, 2.75) is 12.5 Å². The second kappa shape index (κ2) is 8.83. The first kappa shape index (κ1) is 19.8. The van der Waals surface area contributed by atoms with Crippen LogP contribution >= 0.6 is 23.2 Å². The van der Waals surface area contributed by atoms with Crippen LogP contribution in [-0.2, 0) is 9.53 Å². The number of aliphatic imine (C=N–C) groups is 1. The Labute approximate surface area is 173 Å². The van der Waals surface area contributed by atoms with Crippen LogP contribution in [0.1, 0.15) is 23.6 Å². The minimum atomic E-state index is -0.731. The zero-order valence-corrected chi connectivity index (χ0v) is 16.3. The molecule has 28 heavy (non-hydrogen) atoms. The summed E-state index contributed by atoms with van der Waals surface area (Å²) in [7, 11) is 0. The van der Waals surface area contributed by atoms with Crippen LogP contribution in [0.5, 0.6) is 0 Å². The van der Waals surface area contributed by atoms with Crippen molar-refractivity contribution < 1.29 is 9.53 Å². The predicted octanol–water partition coefficient (Wildman–Crippen LogP) is 3.93. The van der Waals surface area contributed by atoms with Crippen LogP contribution in [0.25, 0.3) is 5.70 Å². The Kier molecular flexibility index (Phi) is 6.25. The number of ether oxygens (including phenoxy) is 1. The van der Waals surface area contributed by atoms with Gasteiger partial charge in [-0.05, 0) is 29.3 Å². The summed E-state index contributed by atoms with van der Waals surface area (Å²) in [6, 6.07) is 13.6. The minimum absolute atomic E-state index is 0.100. The number of nitrogens with zero attached hydrogens (tertiary/aromatic N) is 1. The number of rotatable bonds is 5. The summed E-state index contributed by atoms with van der Waals surface area (Å²) in [4.78, 5) is 17.4. The Bertz CT molecular complexity index is 974. The van der Waals surface area contributed by atoms with Gasteiger partial charge in [-0.2, -0.15) is 0 Å². The molecule has 0 radical (unpaired) electrons. The molecule has 142 valence electrons. The molecule has 1 aliphatic heterocycles. The van der Waals surface area contributed by atoms with Crippen molar-refractivity contribution in [3.05, 3.63) is 75.3 Å². The van der Waals surface area contributed by atoms with Gasteiger partial charge in [-0.25, -0.2) is 9.79 Å². The lowest BCUT2D eigenvalue weighted by Crippen LogP contribution is -2.37. The molecular formula is C21H17Cl2N3O2. The van der Waals surface area contributed by atoms with Gasteiger partial charge in [0, 0.05) is 16.5 Å². The van der Waals surface area contributed by atoms with Crippen LogP contribution in [0.2, 0.25) is 10.0 Å². The van der Waals surface area contributed by atoms with Crippen molar-refractivity contribution in [2.75, 3.05) is 6.61 Å². The van der Waals surface area contributed by atoms with E-state index in [4.69, 9.17) is 40.1 Å². The third-order valence-corrected chi connectivity index (χ3v) is 4.46. The summed E-state index contributed by atoms with van der Waals surface area (Å²) in [6.45, 7) is 0.100. The SMILES string of the molecule is C#CCCOC(=O)C1=C(c2ccccc2)NC(N)=NC1c1cc(Cl)cc(Cl)c1. The zero-order valence-electron chi connectivity index (χ0n) is 14.8. The third kappa shape index (κ3) is 4.48. The number of nitrogens with one attached hydrogen (secondary N) is 1. The van der Waals surface area contributed by atoms with Gasteiger partial charge in [-0.3, -0.25) is 0 Å². The second-order valence-corrected chi connectivity index (χ2v) is 6.86. The minimum Gasteiger partial charge on any atom is -0.461 e. The zero-order chi connectivity index (χ0) is 20.1. The number of carbonyl (C=O) groups is 1. The quantitative estimate of drug-likeness (QED) is 0.442. The van der Waals surface area contributed by atoms with Gasteiger partial charge in [-0.15, -0.1) is 12.3 Å². The van der Waals surface area contributed by atoms with Gasteiger partial charge >= 0.3 is 5.97 Å². The van der Waals surface area contributed by atoms with Crippen molar-refractivity contribution in [2.24, 2.45) is 10.7 Å². The predicted molar refractivity (Wildman–Crippen MR) is 112 cm³/mol. The summed E-state index contributed by atoms with van der Waals surface area (Å²) in [5.74, 6) is 2.07. The highest BCUT2D eigenvalue weighted by atomic mass is 35.5. The Morgan fingerprint density at radius 3 is 2.54 bits per heavy atom. The molecule has 0 saturated heterocycles. The number of hydrogen-bond donors (Lipinski definition) is 2. The highest BCUT2D eigenvalue weighted by Crippen LogP contribution is 2.36. The number of guanidine groups is 1. The van der Waals surface area contributed by atoms with Crippen LogP contribution in [0.4, 0.5) is 0 Å². The molecular weight excluding hydrogens is 397 g/mol. The van der Waals surface area contributed by atoms with E-state index in [9.17, 15) is 4.79 Å². The molecule has 5 nitrogen and oxygen atoms in total. The molecule has 0 aliphatic carbocycles. The fourth-order valence-corrected chi connectivity index (χ4v) is 3.41. The van der Waals surface area contributed by atoms with Crippen molar-refractivity contribution in [3.8, 4) is 12.3 Å². The molecule has 1 unspecified atom stereocenters. The lowest BCUT2D eigenvalue weighted by Gasteiger charge is -2.26. The summed E-state index contributed by atoms with van der Waals surface area (Å²) >= 11 is 12.3. The van der Waals surface area contributed by atoms with Crippen LogP contribution in [0.15, 0.2) is 59.1 Å². The summed E-state index contributed by atoms with van der Waals surface area (Å²) < 4.78 is 5.37. The number of nitrogens with two attached hydrogens (primary N) is 1. The molecule has 0 spiro atoms. The van der Waals surface area contributed by atoms with Crippen molar-refractivity contribution in [3.63, 3.8) is 0 Å². The van der Waals surface area contributed by atoms with Gasteiger partial charge in [0.05, 0.1) is 11.3 Å². The Hall–Kier alpha value is -2.94. The first-order valence-electron chi connectivity index (χ1n) is 8.46. The van der Waals surface area contributed by atoms with Crippen LogP contribution < -0.4 is 11.1 Å². The van der Waals surface area contributed by atoms with E-state index in [2.05, 4.69) is 16.2 Å². The van der Waals surface area contributed by atoms with Gasteiger partial charge in [0.25, 0.3) is 0 Å². The maximum Gasteiger partial charge on any atom is 0.338 e. The molecule has 2 aromatic carbocycles. The van der Waals surface area contributed by atoms with E-state index >= 15 is 0 Å². The fourth-order valence-electron chi connectivity index (χ4n) is 2.87. The lowest BCUT2D eigenvalue weighted by atomic mass is 9.93. The molecule has 7 heteroatoms. The Morgan fingerprint density at radius 1 is 1.21 bits per heavy atom. The Balaban J connectivity index is 2.14. The molecule has 0 amide bonds. The van der Waals surface area contributed by atoms with E-state index in [1.807, 2.05) is 30.3 Å². The summed E-state index contributed by atoms with van der Waals surface area (Å²) in [5.41, 5.74) is 8.22. The highest BCUT2D eigenvalue weighted by molar-refractivity contribution is 6.34. The third-order valence-electron chi connectivity index (χ3n) is 4.03. The number of halogens is 2. The smallest absolute Gasteiger partial charge is 0.338 e. The molecule has 0 bridgehead atoms. The average molecular weight is 414 g/mol. The molecule has 3 N–H and O–H groups in total. The first-order chi connectivity index (χ1) is 13.5. The topological polar surface area (TPSA) is 76.7 Å². The largest absolute Gasteiger partial charge is 0.461 e. The molecule has 0 fully saturated rings. The van der Waals surface area contributed by atoms with E-state index < -0.39 is 12.0 Å². The normalized spacial score (nSPS) is 16.0. The van der Waals surface area contributed by atoms with Crippen LogP contribution in [-0.4, -0.2) is 18.5 Å². The molecule has 1 atom stereocenters. The van der Waals surface area contributed by atoms with Crippen molar-refractivity contribution in [1.82, 2.24) is 5.32 Å². The van der Waals surface area contributed by atoms with Gasteiger partial charge in [0.15, 0.2) is 5.96 Å². The van der Waals surface area contributed by atoms with Crippen LogP contribution in [0, 0.1) is 12.3 Å². The second-order valence-electron chi connectivity index (χ2n) is 5.99.